The van der Waals surface area contributed by atoms with Crippen LogP contribution in [0, 0.1) is 10.1 Å². The van der Waals surface area contributed by atoms with Gasteiger partial charge in [0.1, 0.15) is 0 Å². The summed E-state index contributed by atoms with van der Waals surface area (Å²) >= 11 is 1.69. The first kappa shape index (κ1) is 15.2. The number of nitro groups is 1. The number of pyridine rings is 1. The van der Waals surface area contributed by atoms with E-state index >= 15 is 0 Å². The zero-order valence-electron chi connectivity index (χ0n) is 10.6. The third-order valence-corrected chi connectivity index (χ3v) is 3.58. The van der Waals surface area contributed by atoms with Gasteiger partial charge in [0.2, 0.25) is 5.82 Å². The smallest absolute Gasteiger partial charge is 0.354 e. The van der Waals surface area contributed by atoms with Crippen molar-refractivity contribution in [3.05, 3.63) is 27.9 Å². The lowest BCUT2D eigenvalue weighted by molar-refractivity contribution is -0.384. The van der Waals surface area contributed by atoms with Crippen LogP contribution in [-0.2, 0) is 0 Å². The predicted molar refractivity (Wildman–Crippen MR) is 73.9 cm³/mol. The molecule has 19 heavy (non-hydrogen) atoms. The van der Waals surface area contributed by atoms with Crippen molar-refractivity contribution in [1.82, 2.24) is 4.98 Å². The monoisotopic (exact) mass is 285 g/mol. The van der Waals surface area contributed by atoms with Gasteiger partial charge >= 0.3 is 11.7 Å². The zero-order chi connectivity index (χ0) is 14.4. The van der Waals surface area contributed by atoms with Gasteiger partial charge in [-0.05, 0) is 18.7 Å². The Bertz CT molecular complexity index is 481. The number of carbonyl (C=O) groups is 1. The van der Waals surface area contributed by atoms with Crippen molar-refractivity contribution in [1.29, 1.82) is 0 Å². The highest BCUT2D eigenvalue weighted by atomic mass is 32.2. The molecule has 0 saturated carbocycles. The molecular formula is C11H15N3O4S. The quantitative estimate of drug-likeness (QED) is 0.584. The second-order valence-electron chi connectivity index (χ2n) is 3.89. The molecule has 1 unspecified atom stereocenters. The van der Waals surface area contributed by atoms with E-state index in [0.717, 1.165) is 18.6 Å². The third-order valence-electron chi connectivity index (χ3n) is 2.54. The standard InChI is InChI=1S/C11H15N3O4S/c1-7(19-2)5-6-12-10-9(14(17)18)4-3-8(13-10)11(15)16/h3-4,7H,5-6H2,1-2H3,(H,12,13)(H,15,16). The molecule has 1 rings (SSSR count). The minimum Gasteiger partial charge on any atom is -0.477 e. The van der Waals surface area contributed by atoms with Gasteiger partial charge in [-0.25, -0.2) is 9.78 Å². The van der Waals surface area contributed by atoms with Gasteiger partial charge in [0.25, 0.3) is 0 Å². The fourth-order valence-corrected chi connectivity index (χ4v) is 1.71. The largest absolute Gasteiger partial charge is 0.477 e. The number of hydrogen-bond acceptors (Lipinski definition) is 6. The maximum absolute atomic E-state index is 10.8. The number of carboxylic acid groups (broad SMARTS) is 1. The van der Waals surface area contributed by atoms with Crippen molar-refractivity contribution < 1.29 is 14.8 Å². The van der Waals surface area contributed by atoms with E-state index in [0.29, 0.717) is 11.8 Å². The van der Waals surface area contributed by atoms with E-state index in [1.807, 2.05) is 13.2 Å². The van der Waals surface area contributed by atoms with Gasteiger partial charge in [0.05, 0.1) is 4.92 Å². The van der Waals surface area contributed by atoms with E-state index in [9.17, 15) is 14.9 Å². The number of thioether (sulfide) groups is 1. The topological polar surface area (TPSA) is 105 Å². The molecule has 8 heteroatoms. The van der Waals surface area contributed by atoms with Gasteiger partial charge in [0.15, 0.2) is 5.69 Å². The van der Waals surface area contributed by atoms with Crippen LogP contribution >= 0.6 is 11.8 Å². The summed E-state index contributed by atoms with van der Waals surface area (Å²) in [4.78, 5) is 24.8. The van der Waals surface area contributed by atoms with Crippen LogP contribution in [0.3, 0.4) is 0 Å². The lowest BCUT2D eigenvalue weighted by atomic mass is 10.3. The van der Waals surface area contributed by atoms with Gasteiger partial charge in [-0.15, -0.1) is 0 Å². The fourth-order valence-electron chi connectivity index (χ4n) is 1.36. The number of aromatic carboxylic acids is 1. The second kappa shape index (κ2) is 6.93. The zero-order valence-corrected chi connectivity index (χ0v) is 11.4. The summed E-state index contributed by atoms with van der Waals surface area (Å²) in [6.07, 6.45) is 2.79. The highest BCUT2D eigenvalue weighted by Gasteiger charge is 2.18. The van der Waals surface area contributed by atoms with Crippen LogP contribution in [-0.4, -0.2) is 39.0 Å². The van der Waals surface area contributed by atoms with Gasteiger partial charge in [-0.3, -0.25) is 10.1 Å². The Morgan fingerprint density at radius 1 is 1.63 bits per heavy atom. The van der Waals surface area contributed by atoms with E-state index in [4.69, 9.17) is 5.11 Å². The lowest BCUT2D eigenvalue weighted by Gasteiger charge is -2.10. The molecule has 1 heterocycles. The molecule has 2 N–H and O–H groups in total. The predicted octanol–water partition coefficient (Wildman–Crippen LogP) is 2.24. The Balaban J connectivity index is 2.85. The Morgan fingerprint density at radius 2 is 2.32 bits per heavy atom. The Morgan fingerprint density at radius 3 is 2.84 bits per heavy atom. The summed E-state index contributed by atoms with van der Waals surface area (Å²) in [5.74, 6) is -1.21. The van der Waals surface area contributed by atoms with E-state index in [2.05, 4.69) is 10.3 Å². The molecule has 0 spiro atoms. The van der Waals surface area contributed by atoms with Crippen molar-refractivity contribution in [3.63, 3.8) is 0 Å². The summed E-state index contributed by atoms with van der Waals surface area (Å²) in [6, 6.07) is 2.27. The summed E-state index contributed by atoms with van der Waals surface area (Å²) in [6.45, 7) is 2.54. The molecule has 0 aliphatic carbocycles. The number of nitrogens with zero attached hydrogens (tertiary/aromatic N) is 2. The lowest BCUT2D eigenvalue weighted by Crippen LogP contribution is -2.12. The Labute approximate surface area is 114 Å². The van der Waals surface area contributed by atoms with E-state index < -0.39 is 10.9 Å². The number of carboxylic acids is 1. The van der Waals surface area contributed by atoms with E-state index in [1.54, 1.807) is 11.8 Å². The van der Waals surface area contributed by atoms with Crippen LogP contribution in [0.15, 0.2) is 12.1 Å². The molecule has 1 aromatic heterocycles. The first-order valence-electron chi connectivity index (χ1n) is 5.61. The molecular weight excluding hydrogens is 270 g/mol. The maximum Gasteiger partial charge on any atom is 0.354 e. The maximum atomic E-state index is 10.8. The van der Waals surface area contributed by atoms with Gasteiger partial charge in [0, 0.05) is 17.9 Å². The summed E-state index contributed by atoms with van der Waals surface area (Å²) in [7, 11) is 0. The number of nitrogens with one attached hydrogen (secondary N) is 1. The van der Waals surface area contributed by atoms with Crippen molar-refractivity contribution in [2.45, 2.75) is 18.6 Å². The normalized spacial score (nSPS) is 11.9. The second-order valence-corrected chi connectivity index (χ2v) is 5.16. The van der Waals surface area contributed by atoms with Crippen LogP contribution < -0.4 is 5.32 Å². The average molecular weight is 285 g/mol. The molecule has 0 radical (unpaired) electrons. The molecule has 0 bridgehead atoms. The number of aromatic nitrogens is 1. The Kier molecular flexibility index (Phi) is 5.56. The fraction of sp³-hybridized carbons (Fsp3) is 0.455. The van der Waals surface area contributed by atoms with Gasteiger partial charge in [-0.1, -0.05) is 6.92 Å². The average Bonchev–Trinajstić information content (AvgIpc) is 2.37. The SMILES string of the molecule is CSC(C)CCNc1nc(C(=O)O)ccc1[N+](=O)[O-]. The van der Waals surface area contributed by atoms with Crippen molar-refractivity contribution in [3.8, 4) is 0 Å². The van der Waals surface area contributed by atoms with Crippen LogP contribution in [0.25, 0.3) is 0 Å². The first-order chi connectivity index (χ1) is 8.95. The molecule has 7 nitrogen and oxygen atoms in total. The molecule has 104 valence electrons. The molecule has 0 aliphatic rings. The van der Waals surface area contributed by atoms with E-state index in [1.165, 1.54) is 0 Å². The molecule has 1 aromatic rings. The number of hydrogen-bond donors (Lipinski definition) is 2. The summed E-state index contributed by atoms with van der Waals surface area (Å²) < 4.78 is 0. The van der Waals surface area contributed by atoms with E-state index in [-0.39, 0.29) is 17.2 Å². The molecule has 0 fully saturated rings. The number of anilines is 1. The summed E-state index contributed by atoms with van der Waals surface area (Å²) in [5.41, 5.74) is -0.437. The molecule has 0 aliphatic heterocycles. The Hall–Kier alpha value is -1.83. The summed E-state index contributed by atoms with van der Waals surface area (Å²) in [5, 5.41) is 22.9. The molecule has 0 saturated heterocycles. The highest BCUT2D eigenvalue weighted by molar-refractivity contribution is 7.99. The van der Waals surface area contributed by atoms with Gasteiger partial charge in [-0.2, -0.15) is 11.8 Å². The van der Waals surface area contributed by atoms with Crippen molar-refractivity contribution in [2.75, 3.05) is 18.1 Å². The molecule has 1 atom stereocenters. The van der Waals surface area contributed by atoms with Crippen LogP contribution in [0.2, 0.25) is 0 Å². The number of rotatable bonds is 7. The first-order valence-corrected chi connectivity index (χ1v) is 6.90. The molecule has 0 amide bonds. The third kappa shape index (κ3) is 4.40. The van der Waals surface area contributed by atoms with Gasteiger partial charge < -0.3 is 10.4 Å². The van der Waals surface area contributed by atoms with Crippen LogP contribution in [0.5, 0.6) is 0 Å². The molecule has 0 aromatic carbocycles. The van der Waals surface area contributed by atoms with Crippen molar-refractivity contribution >= 4 is 29.2 Å². The van der Waals surface area contributed by atoms with Crippen LogP contribution in [0.4, 0.5) is 11.5 Å². The minimum atomic E-state index is -1.21. The van der Waals surface area contributed by atoms with Crippen molar-refractivity contribution in [2.24, 2.45) is 0 Å². The highest BCUT2D eigenvalue weighted by Crippen LogP contribution is 2.22. The minimum absolute atomic E-state index is 0.00166. The van der Waals surface area contributed by atoms with Crippen LogP contribution in [0.1, 0.15) is 23.8 Å².